The van der Waals surface area contributed by atoms with Crippen molar-refractivity contribution in [3.05, 3.63) is 29.6 Å². The van der Waals surface area contributed by atoms with Crippen LogP contribution in [0.25, 0.3) is 0 Å². The van der Waals surface area contributed by atoms with E-state index in [4.69, 9.17) is 4.74 Å². The van der Waals surface area contributed by atoms with Gasteiger partial charge < -0.3 is 15.2 Å². The van der Waals surface area contributed by atoms with Gasteiger partial charge in [-0.25, -0.2) is 4.39 Å². The van der Waals surface area contributed by atoms with Crippen molar-refractivity contribution in [1.29, 1.82) is 0 Å². The van der Waals surface area contributed by atoms with Gasteiger partial charge in [-0.05, 0) is 30.9 Å². The Hall–Kier alpha value is -1.62. The standard InChI is InChI=1S/C15H22FNO3/c1-10(18)8-15(2,3)9-17-14(19)11-6-5-7-12(20-4)13(11)16/h5-7,10,18H,8-9H2,1-4H3,(H,17,19). The Morgan fingerprint density at radius 3 is 2.70 bits per heavy atom. The van der Waals surface area contributed by atoms with Crippen molar-refractivity contribution in [2.45, 2.75) is 33.3 Å². The second kappa shape index (κ2) is 6.70. The number of rotatable bonds is 6. The number of aliphatic hydroxyl groups excluding tert-OH is 1. The summed E-state index contributed by atoms with van der Waals surface area (Å²) in [6.45, 7) is 5.92. The molecule has 112 valence electrons. The predicted octanol–water partition coefficient (Wildman–Crippen LogP) is 2.36. The van der Waals surface area contributed by atoms with Crippen molar-refractivity contribution < 1.29 is 19.0 Å². The zero-order valence-electron chi connectivity index (χ0n) is 12.4. The molecule has 0 heterocycles. The van der Waals surface area contributed by atoms with Crippen LogP contribution in [0.15, 0.2) is 18.2 Å². The molecule has 1 aromatic carbocycles. The lowest BCUT2D eigenvalue weighted by atomic mass is 9.87. The molecule has 0 aliphatic rings. The maximum Gasteiger partial charge on any atom is 0.254 e. The minimum absolute atomic E-state index is 0.0425. The minimum Gasteiger partial charge on any atom is -0.494 e. The molecule has 0 fully saturated rings. The number of methoxy groups -OCH3 is 1. The van der Waals surface area contributed by atoms with Crippen molar-refractivity contribution in [1.82, 2.24) is 5.32 Å². The summed E-state index contributed by atoms with van der Waals surface area (Å²) in [6, 6.07) is 4.44. The third-order valence-electron chi connectivity index (χ3n) is 3.00. The summed E-state index contributed by atoms with van der Waals surface area (Å²) in [4.78, 5) is 12.0. The Bertz CT molecular complexity index is 472. The van der Waals surface area contributed by atoms with Gasteiger partial charge in [0.25, 0.3) is 5.91 Å². The summed E-state index contributed by atoms with van der Waals surface area (Å²) in [5.41, 5.74) is -0.309. The first-order valence-corrected chi connectivity index (χ1v) is 6.55. The van der Waals surface area contributed by atoms with E-state index in [9.17, 15) is 14.3 Å². The van der Waals surface area contributed by atoms with Gasteiger partial charge in [-0.3, -0.25) is 4.79 Å². The van der Waals surface area contributed by atoms with E-state index in [0.29, 0.717) is 13.0 Å². The van der Waals surface area contributed by atoms with Crippen LogP contribution in [-0.4, -0.2) is 30.8 Å². The highest BCUT2D eigenvalue weighted by Crippen LogP contribution is 2.23. The van der Waals surface area contributed by atoms with Crippen molar-refractivity contribution in [2.75, 3.05) is 13.7 Å². The van der Waals surface area contributed by atoms with Gasteiger partial charge in [0.15, 0.2) is 11.6 Å². The smallest absolute Gasteiger partial charge is 0.254 e. The molecule has 0 bridgehead atoms. The Morgan fingerprint density at radius 1 is 1.50 bits per heavy atom. The monoisotopic (exact) mass is 283 g/mol. The second-order valence-electron chi connectivity index (χ2n) is 5.72. The summed E-state index contributed by atoms with van der Waals surface area (Å²) in [6.07, 6.45) is 0.101. The number of aliphatic hydroxyl groups is 1. The lowest BCUT2D eigenvalue weighted by molar-refractivity contribution is 0.0897. The van der Waals surface area contributed by atoms with Crippen LogP contribution in [-0.2, 0) is 0 Å². The molecule has 20 heavy (non-hydrogen) atoms. The normalized spacial score (nSPS) is 12.9. The fourth-order valence-electron chi connectivity index (χ4n) is 2.13. The van der Waals surface area contributed by atoms with E-state index in [2.05, 4.69) is 5.32 Å². The number of amides is 1. The predicted molar refractivity (Wildman–Crippen MR) is 75.4 cm³/mol. The number of hydrogen-bond acceptors (Lipinski definition) is 3. The first-order valence-electron chi connectivity index (χ1n) is 6.55. The van der Waals surface area contributed by atoms with E-state index in [1.807, 2.05) is 13.8 Å². The Balaban J connectivity index is 2.73. The van der Waals surface area contributed by atoms with Crippen LogP contribution in [0.4, 0.5) is 4.39 Å². The largest absolute Gasteiger partial charge is 0.494 e. The molecule has 1 unspecified atom stereocenters. The first-order chi connectivity index (χ1) is 9.26. The summed E-state index contributed by atoms with van der Waals surface area (Å²) in [7, 11) is 1.35. The third-order valence-corrected chi connectivity index (χ3v) is 3.00. The SMILES string of the molecule is COc1cccc(C(=O)NCC(C)(C)CC(C)O)c1F. The molecule has 0 spiro atoms. The first kappa shape index (κ1) is 16.4. The van der Waals surface area contributed by atoms with Gasteiger partial charge in [0, 0.05) is 6.54 Å². The Labute approximate surface area is 119 Å². The number of ether oxygens (including phenoxy) is 1. The van der Waals surface area contributed by atoms with Gasteiger partial charge >= 0.3 is 0 Å². The molecule has 1 rings (SSSR count). The van der Waals surface area contributed by atoms with E-state index < -0.39 is 17.8 Å². The van der Waals surface area contributed by atoms with Crippen molar-refractivity contribution in [2.24, 2.45) is 5.41 Å². The van der Waals surface area contributed by atoms with Crippen LogP contribution in [0.1, 0.15) is 37.6 Å². The topological polar surface area (TPSA) is 58.6 Å². The summed E-state index contributed by atoms with van der Waals surface area (Å²) < 4.78 is 18.8. The molecule has 0 aliphatic carbocycles. The quantitative estimate of drug-likeness (QED) is 0.842. The van der Waals surface area contributed by atoms with Crippen molar-refractivity contribution >= 4 is 5.91 Å². The lowest BCUT2D eigenvalue weighted by Crippen LogP contribution is -2.36. The average Bonchev–Trinajstić information content (AvgIpc) is 2.35. The number of hydrogen-bond donors (Lipinski definition) is 2. The van der Waals surface area contributed by atoms with Gasteiger partial charge in [0.1, 0.15) is 0 Å². The van der Waals surface area contributed by atoms with Gasteiger partial charge in [0.2, 0.25) is 0 Å². The maximum absolute atomic E-state index is 13.9. The molecule has 2 N–H and O–H groups in total. The summed E-state index contributed by atoms with van der Waals surface area (Å²) in [5, 5.41) is 12.1. The van der Waals surface area contributed by atoms with Crippen LogP contribution in [0.5, 0.6) is 5.75 Å². The lowest BCUT2D eigenvalue weighted by Gasteiger charge is -2.26. The number of carbonyl (C=O) groups is 1. The summed E-state index contributed by atoms with van der Waals surface area (Å²) >= 11 is 0. The maximum atomic E-state index is 13.9. The molecular weight excluding hydrogens is 261 g/mol. The van der Waals surface area contributed by atoms with Crippen LogP contribution >= 0.6 is 0 Å². The molecule has 0 saturated carbocycles. The van der Waals surface area contributed by atoms with E-state index >= 15 is 0 Å². The molecule has 0 aromatic heterocycles. The van der Waals surface area contributed by atoms with Gasteiger partial charge in [-0.1, -0.05) is 19.9 Å². The molecule has 0 aliphatic heterocycles. The Morgan fingerprint density at radius 2 is 2.15 bits per heavy atom. The van der Waals surface area contributed by atoms with Gasteiger partial charge in [-0.2, -0.15) is 0 Å². The van der Waals surface area contributed by atoms with Crippen LogP contribution in [0.2, 0.25) is 0 Å². The van der Waals surface area contributed by atoms with Gasteiger partial charge in [0.05, 0.1) is 18.8 Å². The molecular formula is C15H22FNO3. The number of benzene rings is 1. The van der Waals surface area contributed by atoms with E-state index in [-0.39, 0.29) is 16.7 Å². The van der Waals surface area contributed by atoms with E-state index in [1.54, 1.807) is 13.0 Å². The van der Waals surface area contributed by atoms with Crippen molar-refractivity contribution in [3.63, 3.8) is 0 Å². The fraction of sp³-hybridized carbons (Fsp3) is 0.533. The van der Waals surface area contributed by atoms with Crippen LogP contribution in [0, 0.1) is 11.2 Å². The summed E-state index contributed by atoms with van der Waals surface area (Å²) in [5.74, 6) is -1.11. The highest BCUT2D eigenvalue weighted by atomic mass is 19.1. The molecule has 1 aromatic rings. The number of carbonyl (C=O) groups excluding carboxylic acids is 1. The molecule has 1 amide bonds. The van der Waals surface area contributed by atoms with E-state index in [0.717, 1.165) is 0 Å². The zero-order valence-corrected chi connectivity index (χ0v) is 12.4. The highest BCUT2D eigenvalue weighted by molar-refractivity contribution is 5.94. The molecule has 1 atom stereocenters. The average molecular weight is 283 g/mol. The van der Waals surface area contributed by atoms with Crippen LogP contribution in [0.3, 0.4) is 0 Å². The van der Waals surface area contributed by atoms with Crippen molar-refractivity contribution in [3.8, 4) is 5.75 Å². The highest BCUT2D eigenvalue weighted by Gasteiger charge is 2.22. The fourth-order valence-corrected chi connectivity index (χ4v) is 2.13. The molecule has 4 nitrogen and oxygen atoms in total. The Kier molecular flexibility index (Phi) is 5.51. The second-order valence-corrected chi connectivity index (χ2v) is 5.72. The molecule has 0 saturated heterocycles. The molecule has 5 heteroatoms. The van der Waals surface area contributed by atoms with Crippen LogP contribution < -0.4 is 10.1 Å². The zero-order chi connectivity index (χ0) is 15.3. The molecule has 0 radical (unpaired) electrons. The number of nitrogens with one attached hydrogen (secondary N) is 1. The third kappa shape index (κ3) is 4.49. The van der Waals surface area contributed by atoms with E-state index in [1.165, 1.54) is 19.2 Å². The van der Waals surface area contributed by atoms with Gasteiger partial charge in [-0.15, -0.1) is 0 Å². The minimum atomic E-state index is -0.666. The number of halogens is 1.